The summed E-state index contributed by atoms with van der Waals surface area (Å²) >= 11 is 3.50. The first-order valence-electron chi connectivity index (χ1n) is 6.83. The van der Waals surface area contributed by atoms with Crippen molar-refractivity contribution in [1.29, 1.82) is 0 Å². The van der Waals surface area contributed by atoms with Crippen LogP contribution in [0.1, 0.15) is 13.3 Å². The zero-order valence-electron chi connectivity index (χ0n) is 11.6. The molecule has 1 unspecified atom stereocenters. The van der Waals surface area contributed by atoms with E-state index in [-0.39, 0.29) is 0 Å². The lowest BCUT2D eigenvalue weighted by atomic mass is 10.1. The molecule has 0 fully saturated rings. The van der Waals surface area contributed by atoms with Gasteiger partial charge in [0.25, 0.3) is 0 Å². The van der Waals surface area contributed by atoms with Crippen molar-refractivity contribution in [2.24, 2.45) is 5.92 Å². The number of rotatable bonds is 7. The first-order chi connectivity index (χ1) is 9.81. The highest BCUT2D eigenvalue weighted by Gasteiger charge is 2.05. The van der Waals surface area contributed by atoms with Gasteiger partial charge >= 0.3 is 0 Å². The molecular formula is C17H19BrO2. The Morgan fingerprint density at radius 3 is 2.10 bits per heavy atom. The van der Waals surface area contributed by atoms with Crippen LogP contribution in [0.3, 0.4) is 0 Å². The van der Waals surface area contributed by atoms with Gasteiger partial charge in [-0.3, -0.25) is 0 Å². The molecule has 3 heteroatoms. The predicted octanol–water partition coefficient (Wildman–Crippen LogP) is 5.28. The standard InChI is InChI=1S/C17H19BrO2/c1-2-14(12-18)13-19-15-8-10-17(11-9-15)20-16-6-4-3-5-7-16/h3-11,14H,2,12-13H2,1H3. The molecule has 0 amide bonds. The molecule has 0 radical (unpaired) electrons. The molecule has 0 spiro atoms. The maximum Gasteiger partial charge on any atom is 0.127 e. The molecule has 0 N–H and O–H groups in total. The Bertz CT molecular complexity index is 492. The topological polar surface area (TPSA) is 18.5 Å². The van der Waals surface area contributed by atoms with E-state index in [1.54, 1.807) is 0 Å². The molecule has 0 heterocycles. The number of alkyl halides is 1. The Hall–Kier alpha value is -1.48. The highest BCUT2D eigenvalue weighted by Crippen LogP contribution is 2.24. The summed E-state index contributed by atoms with van der Waals surface area (Å²) in [4.78, 5) is 0. The SMILES string of the molecule is CCC(CBr)COc1ccc(Oc2ccccc2)cc1. The van der Waals surface area contributed by atoms with Crippen molar-refractivity contribution in [2.45, 2.75) is 13.3 Å². The number of halogens is 1. The van der Waals surface area contributed by atoms with E-state index in [9.17, 15) is 0 Å². The Labute approximate surface area is 128 Å². The van der Waals surface area contributed by atoms with Crippen LogP contribution in [-0.2, 0) is 0 Å². The van der Waals surface area contributed by atoms with Crippen LogP contribution in [0.15, 0.2) is 54.6 Å². The molecule has 2 aromatic carbocycles. The van der Waals surface area contributed by atoms with Crippen LogP contribution in [-0.4, -0.2) is 11.9 Å². The smallest absolute Gasteiger partial charge is 0.127 e. The van der Waals surface area contributed by atoms with Gasteiger partial charge in [-0.25, -0.2) is 0 Å². The van der Waals surface area contributed by atoms with Gasteiger partial charge in [-0.2, -0.15) is 0 Å². The lowest BCUT2D eigenvalue weighted by molar-refractivity contribution is 0.260. The summed E-state index contributed by atoms with van der Waals surface area (Å²) in [6, 6.07) is 17.5. The van der Waals surface area contributed by atoms with Crippen LogP contribution in [0.5, 0.6) is 17.2 Å². The number of hydrogen-bond donors (Lipinski definition) is 0. The monoisotopic (exact) mass is 334 g/mol. The third-order valence-corrected chi connectivity index (χ3v) is 4.00. The summed E-state index contributed by atoms with van der Waals surface area (Å²) in [7, 11) is 0. The van der Waals surface area contributed by atoms with Crippen molar-refractivity contribution in [3.8, 4) is 17.2 Å². The maximum absolute atomic E-state index is 5.77. The van der Waals surface area contributed by atoms with E-state index in [0.29, 0.717) is 5.92 Å². The van der Waals surface area contributed by atoms with Gasteiger partial charge in [-0.1, -0.05) is 41.1 Å². The number of benzene rings is 2. The molecule has 1 atom stereocenters. The first-order valence-corrected chi connectivity index (χ1v) is 7.95. The van der Waals surface area contributed by atoms with Crippen molar-refractivity contribution >= 4 is 15.9 Å². The van der Waals surface area contributed by atoms with Crippen LogP contribution >= 0.6 is 15.9 Å². The number of hydrogen-bond acceptors (Lipinski definition) is 2. The average molecular weight is 335 g/mol. The number of ether oxygens (including phenoxy) is 2. The van der Waals surface area contributed by atoms with E-state index in [4.69, 9.17) is 9.47 Å². The highest BCUT2D eigenvalue weighted by atomic mass is 79.9. The van der Waals surface area contributed by atoms with Gasteiger partial charge in [0, 0.05) is 11.2 Å². The molecule has 0 aromatic heterocycles. The van der Waals surface area contributed by atoms with Crippen LogP contribution in [0.2, 0.25) is 0 Å². The summed E-state index contributed by atoms with van der Waals surface area (Å²) in [5.74, 6) is 3.09. The summed E-state index contributed by atoms with van der Waals surface area (Å²) in [6.07, 6.45) is 1.11. The van der Waals surface area contributed by atoms with Gasteiger partial charge in [-0.15, -0.1) is 0 Å². The second kappa shape index (κ2) is 7.95. The third kappa shape index (κ3) is 4.57. The average Bonchev–Trinajstić information content (AvgIpc) is 2.51. The maximum atomic E-state index is 5.77. The van der Waals surface area contributed by atoms with Gasteiger partial charge in [0.15, 0.2) is 0 Å². The fourth-order valence-electron chi connectivity index (χ4n) is 1.71. The molecule has 2 rings (SSSR count). The fourth-order valence-corrected chi connectivity index (χ4v) is 2.36. The largest absolute Gasteiger partial charge is 0.493 e. The molecule has 2 aromatic rings. The molecule has 20 heavy (non-hydrogen) atoms. The lowest BCUT2D eigenvalue weighted by Crippen LogP contribution is -2.12. The van der Waals surface area contributed by atoms with E-state index in [2.05, 4.69) is 22.9 Å². The summed E-state index contributed by atoms with van der Waals surface area (Å²) in [6.45, 7) is 2.91. The quantitative estimate of drug-likeness (QED) is 0.641. The molecular weight excluding hydrogens is 316 g/mol. The van der Waals surface area contributed by atoms with Gasteiger partial charge in [0.1, 0.15) is 17.2 Å². The van der Waals surface area contributed by atoms with Crippen LogP contribution in [0.25, 0.3) is 0 Å². The van der Waals surface area contributed by atoms with Crippen molar-refractivity contribution in [3.63, 3.8) is 0 Å². The molecule has 0 bridgehead atoms. The summed E-state index contributed by atoms with van der Waals surface area (Å²) in [5, 5.41) is 0.971. The molecule has 0 aliphatic heterocycles. The Morgan fingerprint density at radius 2 is 1.50 bits per heavy atom. The normalized spacial score (nSPS) is 11.9. The fraction of sp³-hybridized carbons (Fsp3) is 0.294. The summed E-state index contributed by atoms with van der Waals surface area (Å²) < 4.78 is 11.5. The van der Waals surface area contributed by atoms with Gasteiger partial charge in [-0.05, 0) is 42.8 Å². The van der Waals surface area contributed by atoms with Crippen LogP contribution in [0.4, 0.5) is 0 Å². The second-order valence-electron chi connectivity index (χ2n) is 4.63. The zero-order chi connectivity index (χ0) is 14.2. The van der Waals surface area contributed by atoms with Crippen LogP contribution < -0.4 is 9.47 Å². The van der Waals surface area contributed by atoms with Crippen molar-refractivity contribution in [2.75, 3.05) is 11.9 Å². The van der Waals surface area contributed by atoms with Gasteiger partial charge in [0.05, 0.1) is 6.61 Å². The van der Waals surface area contributed by atoms with Crippen LogP contribution in [0, 0.1) is 5.92 Å². The van der Waals surface area contributed by atoms with Crippen molar-refractivity contribution < 1.29 is 9.47 Å². The minimum absolute atomic E-state index is 0.551. The van der Waals surface area contributed by atoms with E-state index in [1.165, 1.54) is 0 Å². The molecule has 106 valence electrons. The van der Waals surface area contributed by atoms with Gasteiger partial charge < -0.3 is 9.47 Å². The predicted molar refractivity (Wildman–Crippen MR) is 86.0 cm³/mol. The minimum Gasteiger partial charge on any atom is -0.493 e. The van der Waals surface area contributed by atoms with Crippen molar-refractivity contribution in [1.82, 2.24) is 0 Å². The molecule has 0 saturated heterocycles. The van der Waals surface area contributed by atoms with E-state index < -0.39 is 0 Å². The van der Waals surface area contributed by atoms with E-state index in [0.717, 1.165) is 35.6 Å². The molecule has 2 nitrogen and oxygen atoms in total. The van der Waals surface area contributed by atoms with E-state index in [1.807, 2.05) is 54.6 Å². The zero-order valence-corrected chi connectivity index (χ0v) is 13.2. The lowest BCUT2D eigenvalue weighted by Gasteiger charge is -2.13. The Morgan fingerprint density at radius 1 is 0.900 bits per heavy atom. The Balaban J connectivity index is 1.90. The van der Waals surface area contributed by atoms with Gasteiger partial charge in [0.2, 0.25) is 0 Å². The number of para-hydroxylation sites is 1. The third-order valence-electron chi connectivity index (χ3n) is 3.08. The Kier molecular flexibility index (Phi) is 5.93. The van der Waals surface area contributed by atoms with E-state index >= 15 is 0 Å². The highest BCUT2D eigenvalue weighted by molar-refractivity contribution is 9.09. The molecule has 0 saturated carbocycles. The molecule has 0 aliphatic carbocycles. The molecule has 0 aliphatic rings. The second-order valence-corrected chi connectivity index (χ2v) is 5.27. The minimum atomic E-state index is 0.551. The summed E-state index contributed by atoms with van der Waals surface area (Å²) in [5.41, 5.74) is 0. The van der Waals surface area contributed by atoms with Crippen molar-refractivity contribution in [3.05, 3.63) is 54.6 Å². The first kappa shape index (κ1) is 14.9.